The van der Waals surface area contributed by atoms with E-state index in [0.717, 1.165) is 30.3 Å². The van der Waals surface area contributed by atoms with Gasteiger partial charge in [-0.15, -0.1) is 0 Å². The molecule has 0 unspecified atom stereocenters. The van der Waals surface area contributed by atoms with Crippen molar-refractivity contribution in [1.29, 1.82) is 0 Å². The average Bonchev–Trinajstić information content (AvgIpc) is 2.67. The predicted octanol–water partition coefficient (Wildman–Crippen LogP) is 3.47. The number of nitrogens with zero attached hydrogens (tertiary/aromatic N) is 1. The van der Waals surface area contributed by atoms with Gasteiger partial charge in [0, 0.05) is 26.2 Å². The number of rotatable bonds is 5. The van der Waals surface area contributed by atoms with E-state index in [4.69, 9.17) is 4.74 Å². The molecule has 0 aliphatic carbocycles. The number of carbonyl (C=O) groups excluding carboxylic acids is 1. The number of nitrogens with one attached hydrogen (secondary N) is 1. The summed E-state index contributed by atoms with van der Waals surface area (Å²) < 4.78 is 44.6. The van der Waals surface area contributed by atoms with Crippen molar-refractivity contribution in [2.75, 3.05) is 26.3 Å². The van der Waals surface area contributed by atoms with E-state index >= 15 is 0 Å². The van der Waals surface area contributed by atoms with Crippen LogP contribution in [0.1, 0.15) is 27.0 Å². The fourth-order valence-electron chi connectivity index (χ4n) is 3.08. The van der Waals surface area contributed by atoms with Gasteiger partial charge in [0.05, 0.1) is 24.3 Å². The Morgan fingerprint density at radius 1 is 1.00 bits per heavy atom. The highest BCUT2D eigenvalue weighted by Gasteiger charge is 2.34. The molecule has 0 bridgehead atoms. The van der Waals surface area contributed by atoms with Gasteiger partial charge in [0.15, 0.2) is 0 Å². The monoisotopic (exact) mass is 378 g/mol. The smallest absolute Gasteiger partial charge is 0.379 e. The number of alkyl halides is 3. The summed E-state index contributed by atoms with van der Waals surface area (Å²) in [5.74, 6) is -0.732. The molecular weight excluding hydrogens is 357 g/mol. The maximum atomic E-state index is 13.1. The lowest BCUT2D eigenvalue weighted by Crippen LogP contribution is -2.36. The SMILES string of the molecule is O=C(NCc1ccccc1CN1CCOCC1)c1ccccc1C(F)(F)F. The Bertz CT molecular complexity index is 787. The minimum atomic E-state index is -4.57. The van der Waals surface area contributed by atoms with Crippen molar-refractivity contribution in [1.82, 2.24) is 10.2 Å². The number of hydrogen-bond acceptors (Lipinski definition) is 3. The molecule has 4 nitrogen and oxygen atoms in total. The predicted molar refractivity (Wildman–Crippen MR) is 95.2 cm³/mol. The molecule has 0 saturated carbocycles. The maximum Gasteiger partial charge on any atom is 0.417 e. The van der Waals surface area contributed by atoms with E-state index in [2.05, 4.69) is 10.2 Å². The van der Waals surface area contributed by atoms with Crippen LogP contribution < -0.4 is 5.32 Å². The normalized spacial score (nSPS) is 15.5. The molecule has 1 fully saturated rings. The first-order chi connectivity index (χ1) is 12.9. The third-order valence-electron chi connectivity index (χ3n) is 4.53. The van der Waals surface area contributed by atoms with Gasteiger partial charge in [-0.1, -0.05) is 36.4 Å². The lowest BCUT2D eigenvalue weighted by molar-refractivity contribution is -0.137. The van der Waals surface area contributed by atoms with Gasteiger partial charge < -0.3 is 10.1 Å². The van der Waals surface area contributed by atoms with Gasteiger partial charge in [0.1, 0.15) is 0 Å². The van der Waals surface area contributed by atoms with Crippen LogP contribution in [0.15, 0.2) is 48.5 Å². The van der Waals surface area contributed by atoms with Crippen LogP contribution in [0.3, 0.4) is 0 Å². The number of hydrogen-bond donors (Lipinski definition) is 1. The Morgan fingerprint density at radius 3 is 2.33 bits per heavy atom. The molecular formula is C20H21F3N2O2. The number of amides is 1. The molecule has 0 spiro atoms. The largest absolute Gasteiger partial charge is 0.417 e. The van der Waals surface area contributed by atoms with Gasteiger partial charge in [-0.25, -0.2) is 0 Å². The molecule has 1 aliphatic rings. The van der Waals surface area contributed by atoms with E-state index in [-0.39, 0.29) is 12.1 Å². The second kappa shape index (κ2) is 8.54. The zero-order valence-corrected chi connectivity index (χ0v) is 14.8. The molecule has 0 aromatic heterocycles. The number of ether oxygens (including phenoxy) is 1. The quantitative estimate of drug-likeness (QED) is 0.866. The molecule has 1 saturated heterocycles. The first-order valence-electron chi connectivity index (χ1n) is 8.76. The van der Waals surface area contributed by atoms with Crippen molar-refractivity contribution in [2.24, 2.45) is 0 Å². The lowest BCUT2D eigenvalue weighted by atomic mass is 10.0. The van der Waals surface area contributed by atoms with Crippen LogP contribution in [-0.2, 0) is 24.0 Å². The highest BCUT2D eigenvalue weighted by atomic mass is 19.4. The van der Waals surface area contributed by atoms with Crippen LogP contribution in [0.4, 0.5) is 13.2 Å². The van der Waals surface area contributed by atoms with Crippen LogP contribution in [0.2, 0.25) is 0 Å². The molecule has 1 aliphatic heterocycles. The molecule has 1 amide bonds. The topological polar surface area (TPSA) is 41.6 Å². The summed E-state index contributed by atoms with van der Waals surface area (Å²) in [4.78, 5) is 14.6. The van der Waals surface area contributed by atoms with Crippen molar-refractivity contribution in [3.8, 4) is 0 Å². The molecule has 0 radical (unpaired) electrons. The van der Waals surface area contributed by atoms with Crippen LogP contribution in [-0.4, -0.2) is 37.1 Å². The molecule has 2 aromatic carbocycles. The Balaban J connectivity index is 1.69. The lowest BCUT2D eigenvalue weighted by Gasteiger charge is -2.27. The van der Waals surface area contributed by atoms with Gasteiger partial charge in [-0.2, -0.15) is 13.2 Å². The van der Waals surface area contributed by atoms with Crippen molar-refractivity contribution in [3.63, 3.8) is 0 Å². The Hall–Kier alpha value is -2.38. The zero-order chi connectivity index (χ0) is 19.3. The van der Waals surface area contributed by atoms with Crippen LogP contribution >= 0.6 is 0 Å². The van der Waals surface area contributed by atoms with E-state index in [1.54, 1.807) is 0 Å². The molecule has 27 heavy (non-hydrogen) atoms. The number of benzene rings is 2. The minimum Gasteiger partial charge on any atom is -0.379 e. The summed E-state index contributed by atoms with van der Waals surface area (Å²) in [6.07, 6.45) is -4.57. The second-order valence-electron chi connectivity index (χ2n) is 6.38. The van der Waals surface area contributed by atoms with Gasteiger partial charge in [0.25, 0.3) is 5.91 Å². The standard InChI is InChI=1S/C20H21F3N2O2/c21-20(22,23)18-8-4-3-7-17(18)19(26)24-13-15-5-1-2-6-16(15)14-25-9-11-27-12-10-25/h1-8H,9-14H2,(H,24,26). The summed E-state index contributed by atoms with van der Waals surface area (Å²) in [5.41, 5.74) is 0.644. The maximum absolute atomic E-state index is 13.1. The molecule has 3 rings (SSSR count). The van der Waals surface area contributed by atoms with E-state index in [1.807, 2.05) is 24.3 Å². The fourth-order valence-corrected chi connectivity index (χ4v) is 3.08. The fraction of sp³-hybridized carbons (Fsp3) is 0.350. The molecule has 2 aromatic rings. The van der Waals surface area contributed by atoms with E-state index in [0.29, 0.717) is 19.8 Å². The van der Waals surface area contributed by atoms with Gasteiger partial charge in [0.2, 0.25) is 0 Å². The van der Waals surface area contributed by atoms with Crippen molar-refractivity contribution in [2.45, 2.75) is 19.3 Å². The van der Waals surface area contributed by atoms with Gasteiger partial charge in [-0.05, 0) is 23.3 Å². The zero-order valence-electron chi connectivity index (χ0n) is 14.8. The van der Waals surface area contributed by atoms with Crippen molar-refractivity contribution < 1.29 is 22.7 Å². The molecule has 7 heteroatoms. The van der Waals surface area contributed by atoms with E-state index < -0.39 is 17.6 Å². The first kappa shape index (κ1) is 19.4. The first-order valence-corrected chi connectivity index (χ1v) is 8.76. The summed E-state index contributed by atoms with van der Waals surface area (Å²) in [6, 6.07) is 12.4. The van der Waals surface area contributed by atoms with Gasteiger partial charge >= 0.3 is 6.18 Å². The summed E-state index contributed by atoms with van der Waals surface area (Å²) in [7, 11) is 0. The second-order valence-corrected chi connectivity index (χ2v) is 6.38. The summed E-state index contributed by atoms with van der Waals surface area (Å²) in [6.45, 7) is 3.93. The number of morpholine rings is 1. The number of carbonyl (C=O) groups is 1. The van der Waals surface area contributed by atoms with Crippen molar-refractivity contribution >= 4 is 5.91 Å². The van der Waals surface area contributed by atoms with Crippen LogP contribution in [0, 0.1) is 0 Å². The van der Waals surface area contributed by atoms with E-state index in [9.17, 15) is 18.0 Å². The van der Waals surface area contributed by atoms with Gasteiger partial charge in [-0.3, -0.25) is 9.69 Å². The third kappa shape index (κ3) is 5.08. The van der Waals surface area contributed by atoms with Crippen LogP contribution in [0.5, 0.6) is 0 Å². The Kier molecular flexibility index (Phi) is 6.13. The highest BCUT2D eigenvalue weighted by molar-refractivity contribution is 5.95. The Labute approximate surface area is 155 Å². The molecule has 1 heterocycles. The van der Waals surface area contributed by atoms with Crippen molar-refractivity contribution in [3.05, 3.63) is 70.8 Å². The Morgan fingerprint density at radius 2 is 1.63 bits per heavy atom. The third-order valence-corrected chi connectivity index (χ3v) is 4.53. The number of halogens is 3. The molecule has 144 valence electrons. The van der Waals surface area contributed by atoms with E-state index in [1.165, 1.54) is 18.2 Å². The average molecular weight is 378 g/mol. The molecule has 0 atom stereocenters. The highest BCUT2D eigenvalue weighted by Crippen LogP contribution is 2.31. The summed E-state index contributed by atoms with van der Waals surface area (Å²) in [5, 5.41) is 2.62. The summed E-state index contributed by atoms with van der Waals surface area (Å²) >= 11 is 0. The molecule has 1 N–H and O–H groups in total. The minimum absolute atomic E-state index is 0.172. The van der Waals surface area contributed by atoms with Crippen LogP contribution in [0.25, 0.3) is 0 Å².